The van der Waals surface area contributed by atoms with E-state index >= 15 is 0 Å². The Labute approximate surface area is 164 Å². The summed E-state index contributed by atoms with van der Waals surface area (Å²) in [6, 6.07) is 17.3. The van der Waals surface area contributed by atoms with Gasteiger partial charge in [-0.1, -0.05) is 48.5 Å². The average molecular weight is 380 g/mol. The lowest BCUT2D eigenvalue weighted by atomic mass is 9.73. The highest BCUT2D eigenvalue weighted by Gasteiger charge is 2.50. The van der Waals surface area contributed by atoms with Crippen LogP contribution < -0.4 is 10.2 Å². The fraction of sp³-hybridized carbons (Fsp3) is 0.318. The van der Waals surface area contributed by atoms with Crippen molar-refractivity contribution in [1.82, 2.24) is 5.32 Å². The van der Waals surface area contributed by atoms with Crippen LogP contribution in [-0.4, -0.2) is 38.5 Å². The molecule has 2 amide bonds. The molecule has 2 aromatic carbocycles. The van der Waals surface area contributed by atoms with Crippen molar-refractivity contribution in [3.05, 3.63) is 65.7 Å². The highest BCUT2D eigenvalue weighted by molar-refractivity contribution is 6.09. The molecule has 6 heteroatoms. The Hall–Kier alpha value is -3.15. The number of amides is 2. The number of para-hydroxylation sites is 1. The van der Waals surface area contributed by atoms with Crippen LogP contribution in [0.3, 0.4) is 0 Å². The molecule has 6 nitrogen and oxygen atoms in total. The molecule has 0 spiro atoms. The van der Waals surface area contributed by atoms with E-state index in [9.17, 15) is 14.4 Å². The van der Waals surface area contributed by atoms with Gasteiger partial charge in [0, 0.05) is 25.7 Å². The summed E-state index contributed by atoms with van der Waals surface area (Å²) in [5.41, 5.74) is 1.70. The lowest BCUT2D eigenvalue weighted by molar-refractivity contribution is -0.140. The van der Waals surface area contributed by atoms with Gasteiger partial charge in [0.2, 0.25) is 11.8 Å². The Morgan fingerprint density at radius 2 is 1.75 bits per heavy atom. The molecule has 28 heavy (non-hydrogen) atoms. The fourth-order valence-corrected chi connectivity index (χ4v) is 3.81. The third-order valence-electron chi connectivity index (χ3n) is 5.19. The molecule has 0 aromatic heterocycles. The minimum Gasteiger partial charge on any atom is -0.469 e. The summed E-state index contributed by atoms with van der Waals surface area (Å²) in [4.78, 5) is 38.9. The van der Waals surface area contributed by atoms with Gasteiger partial charge in [-0.05, 0) is 23.6 Å². The molecule has 0 fully saturated rings. The Morgan fingerprint density at radius 3 is 2.46 bits per heavy atom. The number of likely N-dealkylation sites (N-methyl/N-ethyl adjacent to an activating group) is 1. The number of benzene rings is 2. The predicted molar refractivity (Wildman–Crippen MR) is 106 cm³/mol. The molecule has 0 bridgehead atoms. The Morgan fingerprint density at radius 1 is 1.07 bits per heavy atom. The molecular formula is C22H24N2O4. The van der Waals surface area contributed by atoms with Crippen molar-refractivity contribution in [2.75, 3.05) is 25.6 Å². The Balaban J connectivity index is 1.89. The average Bonchev–Trinajstić information content (AvgIpc) is 2.91. The summed E-state index contributed by atoms with van der Waals surface area (Å²) in [5.74, 6) is -0.750. The van der Waals surface area contributed by atoms with Crippen LogP contribution >= 0.6 is 0 Å². The smallest absolute Gasteiger partial charge is 0.307 e. The summed E-state index contributed by atoms with van der Waals surface area (Å²) >= 11 is 0. The van der Waals surface area contributed by atoms with Crippen molar-refractivity contribution in [2.24, 2.45) is 0 Å². The molecule has 1 atom stereocenters. The highest BCUT2D eigenvalue weighted by Crippen LogP contribution is 2.45. The first-order valence-electron chi connectivity index (χ1n) is 9.23. The minimum absolute atomic E-state index is 0.0171. The summed E-state index contributed by atoms with van der Waals surface area (Å²) in [7, 11) is 3.05. The van der Waals surface area contributed by atoms with Gasteiger partial charge in [0.15, 0.2) is 0 Å². The van der Waals surface area contributed by atoms with Crippen molar-refractivity contribution in [1.29, 1.82) is 0 Å². The van der Waals surface area contributed by atoms with E-state index in [1.54, 1.807) is 11.9 Å². The number of nitrogens with one attached hydrogen (secondary N) is 1. The van der Waals surface area contributed by atoms with Crippen LogP contribution in [0.25, 0.3) is 0 Å². The van der Waals surface area contributed by atoms with E-state index in [4.69, 9.17) is 0 Å². The van der Waals surface area contributed by atoms with E-state index < -0.39 is 5.41 Å². The fourth-order valence-electron chi connectivity index (χ4n) is 3.81. The molecule has 0 saturated heterocycles. The molecule has 1 heterocycles. The predicted octanol–water partition coefficient (Wildman–Crippen LogP) is 2.21. The summed E-state index contributed by atoms with van der Waals surface area (Å²) < 4.78 is 4.59. The van der Waals surface area contributed by atoms with Gasteiger partial charge in [-0.25, -0.2) is 0 Å². The SMILES string of the molecule is COC(=O)CCNC(=O)CC1(Cc2ccccc2)C(=O)N(C)c2ccccc21. The van der Waals surface area contributed by atoms with Crippen molar-refractivity contribution >= 4 is 23.5 Å². The molecule has 0 saturated carbocycles. The van der Waals surface area contributed by atoms with Gasteiger partial charge in [0.05, 0.1) is 18.9 Å². The molecule has 1 unspecified atom stereocenters. The number of nitrogens with zero attached hydrogens (tertiary/aromatic N) is 1. The molecule has 1 aliphatic heterocycles. The van der Waals surface area contributed by atoms with Crippen LogP contribution in [0.15, 0.2) is 54.6 Å². The molecule has 1 N–H and O–H groups in total. The molecule has 3 rings (SSSR count). The number of anilines is 1. The zero-order valence-electron chi connectivity index (χ0n) is 16.1. The van der Waals surface area contributed by atoms with Crippen LogP contribution in [0.1, 0.15) is 24.0 Å². The van der Waals surface area contributed by atoms with Crippen LogP contribution in [-0.2, 0) is 31.0 Å². The van der Waals surface area contributed by atoms with E-state index in [0.29, 0.717) is 6.42 Å². The molecular weight excluding hydrogens is 356 g/mol. The van der Waals surface area contributed by atoms with Crippen LogP contribution in [0.2, 0.25) is 0 Å². The summed E-state index contributed by atoms with van der Waals surface area (Å²) in [5, 5.41) is 2.74. The summed E-state index contributed by atoms with van der Waals surface area (Å²) in [6.07, 6.45) is 0.542. The first-order valence-corrected chi connectivity index (χ1v) is 9.23. The quantitative estimate of drug-likeness (QED) is 0.748. The zero-order chi connectivity index (χ0) is 20.1. The maximum atomic E-state index is 13.3. The van der Waals surface area contributed by atoms with Gasteiger partial charge < -0.3 is 15.0 Å². The Bertz CT molecular complexity index is 881. The number of carbonyl (C=O) groups is 3. The number of ether oxygens (including phenoxy) is 1. The van der Waals surface area contributed by atoms with Gasteiger partial charge in [0.1, 0.15) is 0 Å². The molecule has 146 valence electrons. The third-order valence-corrected chi connectivity index (χ3v) is 5.19. The van der Waals surface area contributed by atoms with Gasteiger partial charge >= 0.3 is 5.97 Å². The third kappa shape index (κ3) is 3.76. The first-order chi connectivity index (χ1) is 13.5. The highest BCUT2D eigenvalue weighted by atomic mass is 16.5. The van der Waals surface area contributed by atoms with Crippen LogP contribution in [0, 0.1) is 0 Å². The number of carbonyl (C=O) groups excluding carboxylic acids is 3. The number of methoxy groups -OCH3 is 1. The minimum atomic E-state index is -0.970. The molecule has 1 aliphatic rings. The maximum absolute atomic E-state index is 13.3. The number of rotatable bonds is 7. The second kappa shape index (κ2) is 8.25. The van der Waals surface area contributed by atoms with E-state index in [1.807, 2.05) is 54.6 Å². The topological polar surface area (TPSA) is 75.7 Å². The summed E-state index contributed by atoms with van der Waals surface area (Å²) in [6.45, 7) is 0.179. The van der Waals surface area contributed by atoms with Crippen molar-refractivity contribution in [2.45, 2.75) is 24.7 Å². The van der Waals surface area contributed by atoms with Gasteiger partial charge in [-0.3, -0.25) is 14.4 Å². The van der Waals surface area contributed by atoms with Gasteiger partial charge in [-0.15, -0.1) is 0 Å². The number of hydrogen-bond donors (Lipinski definition) is 1. The largest absolute Gasteiger partial charge is 0.469 e. The first kappa shape index (κ1) is 19.6. The lowest BCUT2D eigenvalue weighted by Gasteiger charge is -2.28. The van der Waals surface area contributed by atoms with Gasteiger partial charge in [0.25, 0.3) is 0 Å². The molecule has 2 aromatic rings. The lowest BCUT2D eigenvalue weighted by Crippen LogP contribution is -2.44. The van der Waals surface area contributed by atoms with Crippen molar-refractivity contribution in [3.63, 3.8) is 0 Å². The zero-order valence-corrected chi connectivity index (χ0v) is 16.1. The monoisotopic (exact) mass is 380 g/mol. The van der Waals surface area contributed by atoms with Crippen molar-refractivity contribution in [3.8, 4) is 0 Å². The van der Waals surface area contributed by atoms with Crippen LogP contribution in [0.4, 0.5) is 5.69 Å². The van der Waals surface area contributed by atoms with E-state index in [-0.39, 0.29) is 37.2 Å². The second-order valence-electron chi connectivity index (χ2n) is 6.98. The Kier molecular flexibility index (Phi) is 5.78. The van der Waals surface area contributed by atoms with Crippen LogP contribution in [0.5, 0.6) is 0 Å². The molecule has 0 aliphatic carbocycles. The van der Waals surface area contributed by atoms with E-state index in [2.05, 4.69) is 10.1 Å². The normalized spacial score (nSPS) is 17.9. The van der Waals surface area contributed by atoms with Gasteiger partial charge in [-0.2, -0.15) is 0 Å². The second-order valence-corrected chi connectivity index (χ2v) is 6.98. The van der Waals surface area contributed by atoms with Crippen molar-refractivity contribution < 1.29 is 19.1 Å². The molecule has 0 radical (unpaired) electrons. The van der Waals surface area contributed by atoms with E-state index in [1.165, 1.54) is 7.11 Å². The number of hydrogen-bond acceptors (Lipinski definition) is 4. The number of esters is 1. The standard InChI is InChI=1S/C22H24N2O4/c1-24-18-11-7-6-10-17(18)22(21(24)27,14-16-8-4-3-5-9-16)15-19(25)23-13-12-20(26)28-2/h3-11H,12-15H2,1-2H3,(H,23,25). The maximum Gasteiger partial charge on any atom is 0.307 e. The van der Waals surface area contributed by atoms with E-state index in [0.717, 1.165) is 16.8 Å². The number of fused-ring (bicyclic) bond motifs is 1.